The van der Waals surface area contributed by atoms with Crippen molar-refractivity contribution in [2.75, 3.05) is 0 Å². The fourth-order valence-electron chi connectivity index (χ4n) is 7.97. The Morgan fingerprint density at radius 2 is 1.63 bits per heavy atom. The first-order valence-corrected chi connectivity index (χ1v) is 12.1. The van der Waals surface area contributed by atoms with Crippen LogP contribution in [0.3, 0.4) is 0 Å². The number of rotatable bonds is 3. The molecule has 4 fully saturated rings. The van der Waals surface area contributed by atoms with Crippen LogP contribution >= 0.6 is 0 Å². The summed E-state index contributed by atoms with van der Waals surface area (Å²) >= 11 is 0. The van der Waals surface area contributed by atoms with Gasteiger partial charge in [-0.2, -0.15) is 0 Å². The molecule has 5 aliphatic rings. The average molecular weight is 399 g/mol. The summed E-state index contributed by atoms with van der Waals surface area (Å²) in [6.45, 7) is 6.75. The van der Waals surface area contributed by atoms with Gasteiger partial charge in [-0.1, -0.05) is 63.2 Å². The van der Waals surface area contributed by atoms with Gasteiger partial charge in [-0.05, 0) is 95.8 Å². The first kappa shape index (κ1) is 18.8. The maximum Gasteiger partial charge on any atom is 0.167 e. The molecule has 5 aliphatic carbocycles. The normalized spacial score (nSPS) is 34.0. The molecule has 156 valence electrons. The molecule has 1 heteroatoms. The maximum absolute atomic E-state index is 13.7. The first-order chi connectivity index (χ1) is 14.3. The van der Waals surface area contributed by atoms with Crippen LogP contribution in [-0.2, 0) is 11.8 Å². The van der Waals surface area contributed by atoms with Gasteiger partial charge in [0.05, 0.1) is 0 Å². The molecule has 0 spiro atoms. The van der Waals surface area contributed by atoms with E-state index in [4.69, 9.17) is 0 Å². The van der Waals surface area contributed by atoms with Gasteiger partial charge in [0.25, 0.3) is 0 Å². The summed E-state index contributed by atoms with van der Waals surface area (Å²) in [7, 11) is 0. The molecule has 3 unspecified atom stereocenters. The van der Waals surface area contributed by atoms with E-state index in [2.05, 4.69) is 63.2 Å². The lowest BCUT2D eigenvalue weighted by Gasteiger charge is -2.34. The van der Waals surface area contributed by atoms with Crippen LogP contribution in [0.1, 0.15) is 80.8 Å². The standard InChI is InChI=1S/C29H34O/c1-28(2,3)23-9-7-20(8-10-23)25-6-4-5-21-14-22(27(30)26(21)25)17-29-15-18-11-19(16-29)13-24(29)12-18/h4-10,18-19,22,24H,11-17H2,1-3H3. The highest BCUT2D eigenvalue weighted by Crippen LogP contribution is 2.67. The second-order valence-corrected chi connectivity index (χ2v) is 12.0. The Morgan fingerprint density at radius 1 is 0.933 bits per heavy atom. The monoisotopic (exact) mass is 398 g/mol. The number of hydrogen-bond donors (Lipinski definition) is 0. The third-order valence-corrected chi connectivity index (χ3v) is 9.11. The molecule has 2 aromatic rings. The minimum atomic E-state index is 0.150. The summed E-state index contributed by atoms with van der Waals surface area (Å²) in [5.41, 5.74) is 6.65. The highest BCUT2D eigenvalue weighted by Gasteiger charge is 2.58. The van der Waals surface area contributed by atoms with Crippen LogP contribution in [-0.4, -0.2) is 5.78 Å². The number of hydrogen-bond acceptors (Lipinski definition) is 1. The Balaban J connectivity index is 1.30. The fraction of sp³-hybridized carbons (Fsp3) is 0.552. The van der Waals surface area contributed by atoms with Gasteiger partial charge in [0.2, 0.25) is 0 Å². The summed E-state index contributed by atoms with van der Waals surface area (Å²) < 4.78 is 0. The summed E-state index contributed by atoms with van der Waals surface area (Å²) in [5.74, 6) is 3.51. The Kier molecular flexibility index (Phi) is 3.97. The molecule has 3 atom stereocenters. The van der Waals surface area contributed by atoms with Crippen molar-refractivity contribution in [3.05, 3.63) is 59.2 Å². The molecule has 0 N–H and O–H groups in total. The van der Waals surface area contributed by atoms with Gasteiger partial charge in [0, 0.05) is 11.5 Å². The molecule has 7 rings (SSSR count). The predicted molar refractivity (Wildman–Crippen MR) is 123 cm³/mol. The molecule has 0 radical (unpaired) electrons. The predicted octanol–water partition coefficient (Wildman–Crippen LogP) is 7.22. The SMILES string of the molecule is CC(C)(C)c1ccc(-c2cccc3c2C(=O)C(CC24CC5CC(CC2C5)C4)C3)cc1. The largest absolute Gasteiger partial charge is 0.294 e. The van der Waals surface area contributed by atoms with Crippen molar-refractivity contribution in [3.63, 3.8) is 0 Å². The molecule has 0 aromatic heterocycles. The number of carbonyl (C=O) groups is 1. The smallest absolute Gasteiger partial charge is 0.167 e. The lowest BCUT2D eigenvalue weighted by Crippen LogP contribution is -2.28. The molecule has 0 saturated heterocycles. The van der Waals surface area contributed by atoms with Gasteiger partial charge in [-0.15, -0.1) is 0 Å². The van der Waals surface area contributed by atoms with Crippen molar-refractivity contribution < 1.29 is 4.79 Å². The highest BCUT2D eigenvalue weighted by molar-refractivity contribution is 6.07. The van der Waals surface area contributed by atoms with Crippen molar-refractivity contribution in [1.82, 2.24) is 0 Å². The molecular weight excluding hydrogens is 364 g/mol. The van der Waals surface area contributed by atoms with E-state index in [-0.39, 0.29) is 11.3 Å². The van der Waals surface area contributed by atoms with Gasteiger partial charge in [-0.3, -0.25) is 4.79 Å². The van der Waals surface area contributed by atoms with Crippen LogP contribution in [0.15, 0.2) is 42.5 Å². The Morgan fingerprint density at radius 3 is 2.30 bits per heavy atom. The van der Waals surface area contributed by atoms with E-state index in [0.717, 1.165) is 41.7 Å². The highest BCUT2D eigenvalue weighted by atomic mass is 16.1. The molecule has 4 saturated carbocycles. The number of benzene rings is 2. The van der Waals surface area contributed by atoms with E-state index in [1.807, 2.05) is 0 Å². The van der Waals surface area contributed by atoms with Crippen LogP contribution in [0.25, 0.3) is 11.1 Å². The van der Waals surface area contributed by atoms with Gasteiger partial charge >= 0.3 is 0 Å². The van der Waals surface area contributed by atoms with Crippen molar-refractivity contribution in [2.45, 2.75) is 71.1 Å². The van der Waals surface area contributed by atoms with Crippen molar-refractivity contribution in [3.8, 4) is 11.1 Å². The van der Waals surface area contributed by atoms with Crippen LogP contribution in [0.5, 0.6) is 0 Å². The van der Waals surface area contributed by atoms with E-state index >= 15 is 0 Å². The van der Waals surface area contributed by atoms with Crippen LogP contribution in [0.4, 0.5) is 0 Å². The van der Waals surface area contributed by atoms with Gasteiger partial charge in [0.15, 0.2) is 5.78 Å². The number of ketones is 1. The second-order valence-electron chi connectivity index (χ2n) is 12.0. The van der Waals surface area contributed by atoms with E-state index < -0.39 is 0 Å². The molecule has 0 heterocycles. The summed E-state index contributed by atoms with van der Waals surface area (Å²) in [5, 5.41) is 0. The van der Waals surface area contributed by atoms with Crippen molar-refractivity contribution in [1.29, 1.82) is 0 Å². The van der Waals surface area contributed by atoms with Crippen molar-refractivity contribution in [2.24, 2.45) is 29.1 Å². The first-order valence-electron chi connectivity index (χ1n) is 12.1. The molecule has 2 aromatic carbocycles. The summed E-state index contributed by atoms with van der Waals surface area (Å²) in [6.07, 6.45) is 9.33. The van der Waals surface area contributed by atoms with E-state index in [0.29, 0.717) is 11.2 Å². The topological polar surface area (TPSA) is 17.1 Å². The zero-order valence-electron chi connectivity index (χ0n) is 18.7. The van der Waals surface area contributed by atoms with Crippen LogP contribution in [0, 0.1) is 29.1 Å². The maximum atomic E-state index is 13.7. The Labute approximate surface area is 181 Å². The number of fused-ring (bicyclic) bond motifs is 1. The third-order valence-electron chi connectivity index (χ3n) is 9.11. The van der Waals surface area contributed by atoms with E-state index in [9.17, 15) is 4.79 Å². The lowest BCUT2D eigenvalue weighted by molar-refractivity contribution is 0.0848. The lowest BCUT2D eigenvalue weighted by atomic mass is 9.70. The van der Waals surface area contributed by atoms with Gasteiger partial charge in [-0.25, -0.2) is 0 Å². The molecular formula is C29H34O. The minimum absolute atomic E-state index is 0.150. The number of Topliss-reactive ketones (excluding diaryl/α,β-unsaturated/α-hetero) is 1. The van der Waals surface area contributed by atoms with Crippen LogP contribution < -0.4 is 0 Å². The molecule has 0 amide bonds. The average Bonchev–Trinajstić information content (AvgIpc) is 3.23. The zero-order chi connectivity index (χ0) is 20.7. The van der Waals surface area contributed by atoms with Gasteiger partial charge in [0.1, 0.15) is 0 Å². The summed E-state index contributed by atoms with van der Waals surface area (Å²) in [6, 6.07) is 15.4. The van der Waals surface area contributed by atoms with Crippen molar-refractivity contribution >= 4 is 5.78 Å². The Bertz CT molecular complexity index is 992. The second kappa shape index (κ2) is 6.31. The number of carbonyl (C=O) groups excluding carboxylic acids is 1. The molecule has 30 heavy (non-hydrogen) atoms. The molecule has 4 bridgehead atoms. The minimum Gasteiger partial charge on any atom is -0.294 e. The fourth-order valence-corrected chi connectivity index (χ4v) is 7.97. The zero-order valence-corrected chi connectivity index (χ0v) is 18.7. The summed E-state index contributed by atoms with van der Waals surface area (Å²) in [4.78, 5) is 13.7. The van der Waals surface area contributed by atoms with Gasteiger partial charge < -0.3 is 0 Å². The molecule has 1 nitrogen and oxygen atoms in total. The quantitative estimate of drug-likeness (QED) is 0.533. The van der Waals surface area contributed by atoms with E-state index in [1.54, 1.807) is 0 Å². The third kappa shape index (κ3) is 2.77. The molecule has 0 aliphatic heterocycles. The van der Waals surface area contributed by atoms with Crippen LogP contribution in [0.2, 0.25) is 0 Å². The Hall–Kier alpha value is -1.89. The van der Waals surface area contributed by atoms with E-state index in [1.165, 1.54) is 48.8 Å².